The molecule has 9 heteroatoms. The zero-order valence-electron chi connectivity index (χ0n) is 18.4. The van der Waals surface area contributed by atoms with Gasteiger partial charge in [0.2, 0.25) is 5.91 Å². The van der Waals surface area contributed by atoms with Crippen LogP contribution in [0.15, 0.2) is 32.2 Å². The monoisotopic (exact) mass is 489 g/mol. The highest BCUT2D eigenvalue weighted by Gasteiger charge is 2.48. The third-order valence-electron chi connectivity index (χ3n) is 5.69. The van der Waals surface area contributed by atoms with Crippen molar-refractivity contribution in [3.05, 3.63) is 43.4 Å². The minimum absolute atomic E-state index is 0.0363. The Hall–Kier alpha value is -2.10. The van der Waals surface area contributed by atoms with Gasteiger partial charge in [0.05, 0.1) is 34.5 Å². The normalized spacial score (nSPS) is 19.8. The first-order valence-electron chi connectivity index (χ1n) is 10.1. The lowest BCUT2D eigenvalue weighted by molar-refractivity contribution is -0.138. The molecule has 2 aliphatic heterocycles. The molecule has 1 aromatic rings. The molecule has 0 aromatic heterocycles. The number of hydrogen-bond donors (Lipinski definition) is 0. The summed E-state index contributed by atoms with van der Waals surface area (Å²) in [5.41, 5.74) is 2.65. The largest absolute Gasteiger partial charge is 0.465 e. The number of ether oxygens (including phenoxy) is 2. The first-order valence-corrected chi connectivity index (χ1v) is 12.2. The standard InChI is InChI=1S/C23H23NO5S3/c1-11-6-9-14-13(10-11)15(18(30)23(2,3)24(14)19(25)12-7-8-12)22-31-16(20(26)28-4)17(32-22)21(27)29-5/h6,9-10,12H,7-8H2,1-5H3. The van der Waals surface area contributed by atoms with Gasteiger partial charge >= 0.3 is 11.9 Å². The summed E-state index contributed by atoms with van der Waals surface area (Å²) in [5, 5.41) is 0. The van der Waals surface area contributed by atoms with Crippen LogP contribution >= 0.6 is 35.7 Å². The molecule has 1 aliphatic carbocycles. The second-order valence-corrected chi connectivity index (χ2v) is 11.1. The first-order chi connectivity index (χ1) is 15.1. The van der Waals surface area contributed by atoms with Crippen molar-refractivity contribution in [3.63, 3.8) is 0 Å². The number of hydrogen-bond acceptors (Lipinski definition) is 8. The van der Waals surface area contributed by atoms with E-state index in [4.69, 9.17) is 21.7 Å². The summed E-state index contributed by atoms with van der Waals surface area (Å²) in [5.74, 6) is -1.08. The van der Waals surface area contributed by atoms with E-state index in [-0.39, 0.29) is 21.6 Å². The average Bonchev–Trinajstić information content (AvgIpc) is 3.52. The molecule has 3 aliphatic rings. The lowest BCUT2D eigenvalue weighted by Gasteiger charge is -2.45. The number of aryl methyl sites for hydroxylation is 1. The molecule has 6 nitrogen and oxygen atoms in total. The van der Waals surface area contributed by atoms with Gasteiger partial charge in [0, 0.05) is 17.1 Å². The van der Waals surface area contributed by atoms with Gasteiger partial charge in [-0.2, -0.15) is 0 Å². The summed E-state index contributed by atoms with van der Waals surface area (Å²) >= 11 is 8.28. The Kier molecular flexibility index (Phi) is 6.02. The number of anilines is 1. The van der Waals surface area contributed by atoms with Crippen molar-refractivity contribution in [1.29, 1.82) is 0 Å². The quantitative estimate of drug-likeness (QED) is 0.346. The van der Waals surface area contributed by atoms with Crippen molar-refractivity contribution in [2.75, 3.05) is 19.1 Å². The molecule has 0 atom stereocenters. The van der Waals surface area contributed by atoms with Crippen LogP contribution in [-0.4, -0.2) is 42.5 Å². The lowest BCUT2D eigenvalue weighted by atomic mass is 9.82. The molecule has 1 amide bonds. The highest BCUT2D eigenvalue weighted by molar-refractivity contribution is 8.29. The summed E-state index contributed by atoms with van der Waals surface area (Å²) in [6.45, 7) is 5.86. The van der Waals surface area contributed by atoms with Crippen molar-refractivity contribution in [2.45, 2.75) is 39.2 Å². The SMILES string of the molecule is COC(=O)C1=C(C(=O)OC)SC(=C2C(=S)C(C)(C)N(C(=O)C3CC3)c3ccc(C)cc32)S1. The summed E-state index contributed by atoms with van der Waals surface area (Å²) in [6.07, 6.45) is 1.79. The summed E-state index contributed by atoms with van der Waals surface area (Å²) in [7, 11) is 2.55. The van der Waals surface area contributed by atoms with Gasteiger partial charge in [-0.1, -0.05) is 47.4 Å². The Morgan fingerprint density at radius 3 is 2.12 bits per heavy atom. The Morgan fingerprint density at radius 1 is 1.06 bits per heavy atom. The van der Waals surface area contributed by atoms with E-state index in [1.807, 2.05) is 43.9 Å². The second kappa shape index (κ2) is 8.35. The van der Waals surface area contributed by atoms with E-state index in [9.17, 15) is 14.4 Å². The van der Waals surface area contributed by atoms with Gasteiger partial charge in [-0.25, -0.2) is 9.59 Å². The number of nitrogens with zero attached hydrogens (tertiary/aromatic N) is 1. The molecule has 168 valence electrons. The van der Waals surface area contributed by atoms with Crippen LogP contribution in [0.3, 0.4) is 0 Å². The van der Waals surface area contributed by atoms with E-state index in [1.165, 1.54) is 14.2 Å². The van der Waals surface area contributed by atoms with Crippen LogP contribution in [0.1, 0.15) is 37.8 Å². The summed E-state index contributed by atoms with van der Waals surface area (Å²) < 4.78 is 10.5. The maximum atomic E-state index is 13.3. The van der Waals surface area contributed by atoms with E-state index < -0.39 is 17.5 Å². The molecule has 32 heavy (non-hydrogen) atoms. The lowest BCUT2D eigenvalue weighted by Crippen LogP contribution is -2.56. The minimum Gasteiger partial charge on any atom is -0.465 e. The molecular weight excluding hydrogens is 466 g/mol. The van der Waals surface area contributed by atoms with Crippen LogP contribution in [0.2, 0.25) is 0 Å². The summed E-state index contributed by atoms with van der Waals surface area (Å²) in [6, 6.07) is 5.93. The van der Waals surface area contributed by atoms with Gasteiger partial charge in [0.1, 0.15) is 9.81 Å². The van der Waals surface area contributed by atoms with Crippen molar-refractivity contribution in [2.24, 2.45) is 5.92 Å². The van der Waals surface area contributed by atoms with Crippen LogP contribution in [-0.2, 0) is 23.9 Å². The highest BCUT2D eigenvalue weighted by atomic mass is 32.2. The smallest absolute Gasteiger partial charge is 0.346 e. The van der Waals surface area contributed by atoms with Crippen LogP contribution < -0.4 is 4.90 Å². The van der Waals surface area contributed by atoms with Gasteiger partial charge in [0.25, 0.3) is 0 Å². The fourth-order valence-corrected chi connectivity index (χ4v) is 6.87. The maximum Gasteiger partial charge on any atom is 0.346 e. The number of esters is 2. The van der Waals surface area contributed by atoms with Gasteiger partial charge in [-0.05, 0) is 45.7 Å². The fraction of sp³-hybridized carbons (Fsp3) is 0.391. The number of thiocarbonyl (C=S) groups is 1. The number of carbonyl (C=O) groups is 3. The molecule has 4 rings (SSSR count). The van der Waals surface area contributed by atoms with Crippen molar-refractivity contribution < 1.29 is 23.9 Å². The highest BCUT2D eigenvalue weighted by Crippen LogP contribution is 2.56. The van der Waals surface area contributed by atoms with Gasteiger partial charge in [-0.3, -0.25) is 4.79 Å². The molecule has 2 heterocycles. The number of rotatable bonds is 3. The Labute approximate surface area is 200 Å². The molecule has 1 saturated carbocycles. The van der Waals surface area contributed by atoms with Crippen LogP contribution in [0, 0.1) is 12.8 Å². The third-order valence-corrected chi connectivity index (χ3v) is 8.95. The second-order valence-electron chi connectivity index (χ2n) is 8.36. The summed E-state index contributed by atoms with van der Waals surface area (Å²) in [4.78, 5) is 40.8. The molecule has 1 aromatic carbocycles. The van der Waals surface area contributed by atoms with E-state index in [2.05, 4.69) is 0 Å². The number of methoxy groups -OCH3 is 2. The number of fused-ring (bicyclic) bond motifs is 1. The van der Waals surface area contributed by atoms with E-state index in [0.717, 1.165) is 58.8 Å². The Balaban J connectivity index is 1.90. The van der Waals surface area contributed by atoms with Gasteiger partial charge < -0.3 is 14.4 Å². The molecule has 1 fully saturated rings. The molecule has 0 radical (unpaired) electrons. The predicted octanol–water partition coefficient (Wildman–Crippen LogP) is 4.61. The Morgan fingerprint density at radius 2 is 1.62 bits per heavy atom. The van der Waals surface area contributed by atoms with Crippen LogP contribution in [0.5, 0.6) is 0 Å². The molecule has 0 saturated heterocycles. The van der Waals surface area contributed by atoms with Crippen LogP contribution in [0.25, 0.3) is 5.57 Å². The number of thioether (sulfide) groups is 2. The number of carbonyl (C=O) groups excluding carboxylic acids is 3. The zero-order chi connectivity index (χ0) is 23.4. The van der Waals surface area contributed by atoms with Crippen molar-refractivity contribution in [3.8, 4) is 0 Å². The molecule has 0 N–H and O–H groups in total. The predicted molar refractivity (Wildman–Crippen MR) is 131 cm³/mol. The molecule has 0 bridgehead atoms. The minimum atomic E-state index is -0.750. The Bertz CT molecular complexity index is 1100. The fourth-order valence-electron chi connectivity index (χ4n) is 3.84. The van der Waals surface area contributed by atoms with E-state index in [1.54, 1.807) is 0 Å². The van der Waals surface area contributed by atoms with E-state index >= 15 is 0 Å². The topological polar surface area (TPSA) is 72.9 Å². The zero-order valence-corrected chi connectivity index (χ0v) is 20.9. The first kappa shape index (κ1) is 23.1. The molecule has 0 unspecified atom stereocenters. The average molecular weight is 490 g/mol. The molecular formula is C23H23NO5S3. The maximum absolute atomic E-state index is 13.3. The van der Waals surface area contributed by atoms with E-state index in [0.29, 0.717) is 9.10 Å². The number of benzene rings is 1. The number of amides is 1. The van der Waals surface area contributed by atoms with Crippen molar-refractivity contribution in [1.82, 2.24) is 0 Å². The van der Waals surface area contributed by atoms with Gasteiger partial charge in [0.15, 0.2) is 0 Å². The van der Waals surface area contributed by atoms with Crippen molar-refractivity contribution >= 4 is 69.7 Å². The molecule has 0 spiro atoms. The van der Waals surface area contributed by atoms with Gasteiger partial charge in [-0.15, -0.1) is 0 Å². The third kappa shape index (κ3) is 3.70. The van der Waals surface area contributed by atoms with Crippen LogP contribution in [0.4, 0.5) is 5.69 Å².